The second kappa shape index (κ2) is 18.1. The number of carbonyl (C=O) groups excluding carboxylic acids is 3. The molecule has 12 nitrogen and oxygen atoms in total. The van der Waals surface area contributed by atoms with Crippen LogP contribution in [-0.4, -0.2) is 68.8 Å². The van der Waals surface area contributed by atoms with Gasteiger partial charge in [-0.05, 0) is 81.1 Å². The number of alkyl carbamates (subject to hydrolysis) is 1. The summed E-state index contributed by atoms with van der Waals surface area (Å²) < 4.78 is 86.3. The van der Waals surface area contributed by atoms with Crippen LogP contribution in [0.5, 0.6) is 0 Å². The predicted octanol–water partition coefficient (Wildman–Crippen LogP) is 9.72. The molecule has 0 bridgehead atoms. The molecule has 2 atom stereocenters. The number of rotatable bonds is 11. The number of hydrogen-bond donors (Lipinski definition) is 1. The zero-order chi connectivity index (χ0) is 44.1. The van der Waals surface area contributed by atoms with Gasteiger partial charge in [0, 0.05) is 36.0 Å². The number of pyridine rings is 1. The van der Waals surface area contributed by atoms with E-state index in [-0.39, 0.29) is 37.9 Å². The number of piperidine rings is 1. The average Bonchev–Trinajstić information content (AvgIpc) is 3.71. The van der Waals surface area contributed by atoms with Crippen LogP contribution in [0.2, 0.25) is 0 Å². The molecule has 5 aromatic rings. The molecule has 0 radical (unpaired) electrons. The van der Waals surface area contributed by atoms with Gasteiger partial charge in [-0.3, -0.25) is 9.78 Å². The molecule has 2 aromatic heterocycles. The summed E-state index contributed by atoms with van der Waals surface area (Å²) in [5.41, 5.74) is 1.85. The Balaban J connectivity index is 1.27. The minimum atomic E-state index is -4.49. The molecule has 61 heavy (non-hydrogen) atoms. The number of halogens is 5. The Morgan fingerprint density at radius 2 is 1.66 bits per heavy atom. The number of aromatic nitrogens is 3. The normalized spacial score (nSPS) is 15.8. The lowest BCUT2D eigenvalue weighted by molar-refractivity contribution is -0.137. The predicted molar refractivity (Wildman–Crippen MR) is 214 cm³/mol. The van der Waals surface area contributed by atoms with Crippen molar-refractivity contribution < 1.29 is 50.2 Å². The second-order valence-corrected chi connectivity index (χ2v) is 15.8. The van der Waals surface area contributed by atoms with Crippen LogP contribution in [0.3, 0.4) is 0 Å². The largest absolute Gasteiger partial charge is 0.445 e. The Bertz CT molecular complexity index is 2310. The number of nitrogens with one attached hydrogen (secondary N) is 1. The molecule has 1 aliphatic rings. The van der Waals surface area contributed by atoms with Gasteiger partial charge in [0.15, 0.2) is 0 Å². The van der Waals surface area contributed by atoms with Gasteiger partial charge in [-0.2, -0.15) is 13.2 Å². The van der Waals surface area contributed by atoms with Crippen molar-refractivity contribution in [3.63, 3.8) is 0 Å². The molecule has 3 amide bonds. The van der Waals surface area contributed by atoms with Crippen LogP contribution >= 0.6 is 0 Å². The lowest BCUT2D eigenvalue weighted by atomic mass is 9.95. The molecule has 3 aromatic carbocycles. The van der Waals surface area contributed by atoms with Gasteiger partial charge in [0.1, 0.15) is 18.2 Å². The molecule has 1 fully saturated rings. The topological polar surface area (TPSA) is 140 Å². The number of likely N-dealkylation sites (tertiary alicyclic amines) is 1. The highest BCUT2D eigenvalue weighted by molar-refractivity contribution is 5.99. The van der Waals surface area contributed by atoms with E-state index in [9.17, 15) is 27.6 Å². The highest BCUT2D eigenvalue weighted by Crippen LogP contribution is 2.38. The van der Waals surface area contributed by atoms with E-state index in [1.807, 2.05) is 0 Å². The highest BCUT2D eigenvalue weighted by Gasteiger charge is 2.45. The Kier molecular flexibility index (Phi) is 13.1. The van der Waals surface area contributed by atoms with Crippen molar-refractivity contribution in [3.8, 4) is 22.7 Å². The smallest absolute Gasteiger partial charge is 0.416 e. The first-order valence-electron chi connectivity index (χ1n) is 19.5. The lowest BCUT2D eigenvalue weighted by Gasteiger charge is -2.35. The molecular weight excluding hydrogens is 804 g/mol. The van der Waals surface area contributed by atoms with Crippen molar-refractivity contribution >= 4 is 23.8 Å². The van der Waals surface area contributed by atoms with Gasteiger partial charge < -0.3 is 29.0 Å². The van der Waals surface area contributed by atoms with E-state index in [0.29, 0.717) is 39.2 Å². The van der Waals surface area contributed by atoms with Crippen LogP contribution in [0.25, 0.3) is 22.7 Å². The van der Waals surface area contributed by atoms with Crippen molar-refractivity contribution in [1.82, 2.24) is 25.4 Å². The van der Waals surface area contributed by atoms with E-state index < -0.39 is 66.3 Å². The molecule has 1 aliphatic heterocycles. The molecule has 3 heterocycles. The second-order valence-electron chi connectivity index (χ2n) is 15.8. The fraction of sp³-hybridized carbons (Fsp3) is 0.364. The monoisotopic (exact) mass is 848 g/mol. The van der Waals surface area contributed by atoms with E-state index >= 15 is 8.78 Å². The summed E-state index contributed by atoms with van der Waals surface area (Å²) in [6.07, 6.45) is -5.15. The molecule has 0 spiro atoms. The summed E-state index contributed by atoms with van der Waals surface area (Å²) in [6.45, 7) is 7.43. The molecular formula is C44H45F5N6O6. The SMILES string of the molecule is CC[C@H](NC(=O)OC(C)(C)C)C(=O)N(Cc1ccc(-c2ccc(C(F)(F)F)cc2)nc1)c1cc(-c2nnc(C3CN(C(=O)OCc4ccccc4)CC(F)(F)C3)o2)ccc1C. The van der Waals surface area contributed by atoms with Crippen molar-refractivity contribution in [3.05, 3.63) is 119 Å². The number of amides is 3. The third kappa shape index (κ3) is 11.5. The Labute approximate surface area is 349 Å². The molecule has 1 N–H and O–H groups in total. The summed E-state index contributed by atoms with van der Waals surface area (Å²) in [6, 6.07) is 20.7. The first-order chi connectivity index (χ1) is 28.8. The molecule has 1 saturated heterocycles. The number of hydrogen-bond acceptors (Lipinski definition) is 9. The zero-order valence-corrected chi connectivity index (χ0v) is 34.1. The third-order valence-corrected chi connectivity index (χ3v) is 9.74. The van der Waals surface area contributed by atoms with Crippen LogP contribution in [0.4, 0.5) is 37.2 Å². The van der Waals surface area contributed by atoms with E-state index in [0.717, 1.165) is 17.0 Å². The van der Waals surface area contributed by atoms with Gasteiger partial charge >= 0.3 is 18.4 Å². The van der Waals surface area contributed by atoms with Crippen molar-refractivity contribution in [2.75, 3.05) is 18.0 Å². The summed E-state index contributed by atoms with van der Waals surface area (Å²) in [5.74, 6) is -4.93. The number of carbonyl (C=O) groups is 3. The van der Waals surface area contributed by atoms with Crippen LogP contribution in [-0.2, 0) is 33.6 Å². The standard InChI is InChI=1S/C44H45F5N6O6/c1-6-34(51-40(57)61-42(3,4)5)39(56)55(23-29-13-19-35(50-22-29)30-15-17-33(18-16-30)44(47,48)49)36-20-31(14-12-27(36)2)37-52-53-38(60-37)32-21-43(45,46)26-54(24-32)41(58)59-25-28-10-8-7-9-11-28/h7-20,22,32,34H,6,21,23-26H2,1-5H3,(H,51,57)/t32?,34-/m0/s1. The number of aryl methyl sites for hydroxylation is 1. The highest BCUT2D eigenvalue weighted by atomic mass is 19.4. The number of nitrogens with zero attached hydrogens (tertiary/aromatic N) is 5. The van der Waals surface area contributed by atoms with Crippen LogP contribution in [0.15, 0.2) is 95.5 Å². The molecule has 17 heteroatoms. The van der Waals surface area contributed by atoms with Crippen LogP contribution in [0, 0.1) is 6.92 Å². The summed E-state index contributed by atoms with van der Waals surface area (Å²) in [7, 11) is 0. The van der Waals surface area contributed by atoms with E-state index in [1.54, 1.807) is 95.3 Å². The van der Waals surface area contributed by atoms with Gasteiger partial charge in [-0.1, -0.05) is 61.5 Å². The van der Waals surface area contributed by atoms with Crippen molar-refractivity contribution in [2.45, 2.75) is 90.3 Å². The zero-order valence-electron chi connectivity index (χ0n) is 34.1. The van der Waals surface area contributed by atoms with Gasteiger partial charge in [0.05, 0.1) is 30.3 Å². The fourth-order valence-corrected chi connectivity index (χ4v) is 6.72. The average molecular weight is 849 g/mol. The Morgan fingerprint density at radius 3 is 2.30 bits per heavy atom. The maximum Gasteiger partial charge on any atom is 0.416 e. The number of alkyl halides is 5. The maximum absolute atomic E-state index is 15.0. The van der Waals surface area contributed by atoms with Crippen molar-refractivity contribution in [2.24, 2.45) is 0 Å². The molecule has 322 valence electrons. The molecule has 0 aliphatic carbocycles. The van der Waals surface area contributed by atoms with E-state index in [1.165, 1.54) is 23.2 Å². The van der Waals surface area contributed by atoms with Crippen molar-refractivity contribution in [1.29, 1.82) is 0 Å². The van der Waals surface area contributed by atoms with Crippen LogP contribution in [0.1, 0.15) is 74.6 Å². The fourth-order valence-electron chi connectivity index (χ4n) is 6.72. The van der Waals surface area contributed by atoms with Gasteiger partial charge in [-0.25, -0.2) is 18.4 Å². The quantitative estimate of drug-likeness (QED) is 0.129. The van der Waals surface area contributed by atoms with Gasteiger partial charge in [-0.15, -0.1) is 10.2 Å². The minimum absolute atomic E-state index is 0.0303. The Hall–Kier alpha value is -6.39. The van der Waals surface area contributed by atoms with Crippen LogP contribution < -0.4 is 10.2 Å². The molecule has 0 saturated carbocycles. The number of benzene rings is 3. The van der Waals surface area contributed by atoms with E-state index in [2.05, 4.69) is 20.5 Å². The summed E-state index contributed by atoms with van der Waals surface area (Å²) in [5, 5.41) is 10.9. The van der Waals surface area contributed by atoms with Gasteiger partial charge in [0.2, 0.25) is 17.7 Å². The summed E-state index contributed by atoms with van der Waals surface area (Å²) >= 11 is 0. The number of ether oxygens (including phenoxy) is 2. The first-order valence-corrected chi connectivity index (χ1v) is 19.5. The Morgan fingerprint density at radius 1 is 0.951 bits per heavy atom. The minimum Gasteiger partial charge on any atom is -0.445 e. The number of anilines is 1. The lowest BCUT2D eigenvalue weighted by Crippen LogP contribution is -2.49. The first kappa shape index (κ1) is 44.2. The third-order valence-electron chi connectivity index (χ3n) is 9.74. The van der Waals surface area contributed by atoms with Gasteiger partial charge in [0.25, 0.3) is 5.92 Å². The molecule has 6 rings (SSSR count). The summed E-state index contributed by atoms with van der Waals surface area (Å²) in [4.78, 5) is 47.0. The molecule has 1 unspecified atom stereocenters. The maximum atomic E-state index is 15.0. The van der Waals surface area contributed by atoms with E-state index in [4.69, 9.17) is 13.9 Å².